The number of allylic oxidation sites excluding steroid dienone is 1. The zero-order chi connectivity index (χ0) is 14.8. The molecule has 0 bridgehead atoms. The maximum absolute atomic E-state index is 12.8. The number of carbonyl (C=O) groups is 1. The lowest BCUT2D eigenvalue weighted by Gasteiger charge is -2.15. The minimum Gasteiger partial charge on any atom is -0.288 e. The number of hydrogen-bond acceptors (Lipinski definition) is 1. The van der Waals surface area contributed by atoms with Gasteiger partial charge in [-0.05, 0) is 39.7 Å². The van der Waals surface area contributed by atoms with Crippen LogP contribution in [-0.2, 0) is 4.79 Å². The minimum atomic E-state index is -5.95. The van der Waals surface area contributed by atoms with Crippen LogP contribution in [0.25, 0.3) is 6.08 Å². The average Bonchev–Trinajstić information content (AvgIpc) is 2.28. The minimum absolute atomic E-state index is 0.00956. The van der Waals surface area contributed by atoms with Crippen LogP contribution in [0.15, 0.2) is 28.7 Å². The van der Waals surface area contributed by atoms with Crippen molar-refractivity contribution in [2.24, 2.45) is 0 Å². The summed E-state index contributed by atoms with van der Waals surface area (Å²) in [5, 5.41) is 0. The van der Waals surface area contributed by atoms with E-state index >= 15 is 0 Å². The Morgan fingerprint density at radius 1 is 1.16 bits per heavy atom. The van der Waals surface area contributed by atoms with Crippen molar-refractivity contribution in [3.05, 3.63) is 40.1 Å². The van der Waals surface area contributed by atoms with E-state index in [1.807, 2.05) is 0 Å². The number of carbonyl (C=O) groups excluding carboxylic acids is 1. The van der Waals surface area contributed by atoms with Crippen molar-refractivity contribution < 1.29 is 31.1 Å². The molecule has 8 heteroatoms. The van der Waals surface area contributed by atoms with E-state index in [9.17, 15) is 31.1 Å². The smallest absolute Gasteiger partial charge is 0.288 e. The van der Waals surface area contributed by atoms with Crippen molar-refractivity contribution in [1.29, 1.82) is 0 Å². The van der Waals surface area contributed by atoms with Gasteiger partial charge in [0.05, 0.1) is 4.47 Å². The Hall–Kier alpha value is -1.31. The molecule has 1 nitrogen and oxygen atoms in total. The van der Waals surface area contributed by atoms with Crippen LogP contribution in [0.3, 0.4) is 0 Å². The number of halogens is 7. The van der Waals surface area contributed by atoms with Crippen molar-refractivity contribution in [2.75, 3.05) is 0 Å². The Kier molecular flexibility index (Phi) is 4.44. The summed E-state index contributed by atoms with van der Waals surface area (Å²) in [6.07, 6.45) is -5.10. The Morgan fingerprint density at radius 2 is 1.74 bits per heavy atom. The number of ketones is 1. The van der Waals surface area contributed by atoms with E-state index in [1.54, 1.807) is 0 Å². The first kappa shape index (κ1) is 15.7. The second-order valence-electron chi connectivity index (χ2n) is 3.44. The van der Waals surface area contributed by atoms with E-state index in [1.165, 1.54) is 0 Å². The van der Waals surface area contributed by atoms with Gasteiger partial charge < -0.3 is 0 Å². The van der Waals surface area contributed by atoms with Crippen molar-refractivity contribution in [3.63, 3.8) is 0 Å². The molecule has 1 aromatic carbocycles. The highest BCUT2D eigenvalue weighted by Gasteiger charge is 2.62. The Balaban J connectivity index is 2.93. The van der Waals surface area contributed by atoms with Crippen LogP contribution in [0, 0.1) is 5.82 Å². The molecule has 0 aliphatic carbocycles. The van der Waals surface area contributed by atoms with E-state index in [4.69, 9.17) is 0 Å². The summed E-state index contributed by atoms with van der Waals surface area (Å²) in [7, 11) is 0. The van der Waals surface area contributed by atoms with Gasteiger partial charge in [-0.3, -0.25) is 4.79 Å². The zero-order valence-corrected chi connectivity index (χ0v) is 10.5. The van der Waals surface area contributed by atoms with E-state index in [2.05, 4.69) is 15.9 Å². The van der Waals surface area contributed by atoms with Gasteiger partial charge >= 0.3 is 12.1 Å². The molecule has 0 atom stereocenters. The Labute approximate surface area is 112 Å². The molecule has 0 saturated carbocycles. The topological polar surface area (TPSA) is 17.1 Å². The first-order chi connectivity index (χ1) is 8.55. The molecule has 0 N–H and O–H groups in total. The largest absolute Gasteiger partial charge is 0.461 e. The summed E-state index contributed by atoms with van der Waals surface area (Å²) >= 11 is 2.80. The van der Waals surface area contributed by atoms with Crippen LogP contribution in [0.1, 0.15) is 5.56 Å². The number of rotatable bonds is 3. The van der Waals surface area contributed by atoms with E-state index in [-0.39, 0.29) is 16.1 Å². The molecule has 0 heterocycles. The monoisotopic (exact) mass is 346 g/mol. The fourth-order valence-corrected chi connectivity index (χ4v) is 1.43. The lowest BCUT2D eigenvalue weighted by Crippen LogP contribution is -2.43. The van der Waals surface area contributed by atoms with Crippen LogP contribution in [0.4, 0.5) is 26.3 Å². The molecule has 0 saturated heterocycles. The summed E-state index contributed by atoms with van der Waals surface area (Å²) in [6, 6.07) is 3.22. The van der Waals surface area contributed by atoms with Crippen LogP contribution in [0.5, 0.6) is 0 Å². The molecular formula is C11H5BrF6O. The van der Waals surface area contributed by atoms with Gasteiger partial charge in [0.1, 0.15) is 5.82 Å². The third kappa shape index (κ3) is 3.59. The standard InChI is InChI=1S/C11H5BrF6O/c12-7-5-6(1-3-8(7)13)2-4-9(19)10(14,15)11(16,17)18/h1-5H/b4-2+. The summed E-state index contributed by atoms with van der Waals surface area (Å²) in [5.41, 5.74) is 0.0969. The third-order valence-corrected chi connectivity index (χ3v) is 2.64. The molecule has 0 radical (unpaired) electrons. The van der Waals surface area contributed by atoms with Gasteiger partial charge in [-0.2, -0.15) is 22.0 Å². The molecule has 0 aliphatic heterocycles. The Morgan fingerprint density at radius 3 is 2.21 bits per heavy atom. The van der Waals surface area contributed by atoms with Gasteiger partial charge in [-0.25, -0.2) is 4.39 Å². The molecule has 0 fully saturated rings. The number of hydrogen-bond donors (Lipinski definition) is 0. The fraction of sp³-hybridized carbons (Fsp3) is 0.182. The molecule has 0 aliphatic rings. The second kappa shape index (κ2) is 5.36. The van der Waals surface area contributed by atoms with Crippen molar-refractivity contribution in [3.8, 4) is 0 Å². The van der Waals surface area contributed by atoms with Gasteiger partial charge in [0, 0.05) is 0 Å². The highest BCUT2D eigenvalue weighted by atomic mass is 79.9. The van der Waals surface area contributed by atoms with Gasteiger partial charge in [-0.15, -0.1) is 0 Å². The molecule has 0 spiro atoms. The summed E-state index contributed by atoms with van der Waals surface area (Å²) in [6.45, 7) is 0. The highest BCUT2D eigenvalue weighted by molar-refractivity contribution is 9.10. The third-order valence-electron chi connectivity index (χ3n) is 2.04. The molecule has 1 rings (SSSR count). The first-order valence-corrected chi connectivity index (χ1v) is 5.47. The molecule has 0 aromatic heterocycles. The molecule has 19 heavy (non-hydrogen) atoms. The lowest BCUT2D eigenvalue weighted by molar-refractivity contribution is -0.266. The molecular weight excluding hydrogens is 342 g/mol. The predicted molar refractivity (Wildman–Crippen MR) is 59.1 cm³/mol. The molecule has 1 aromatic rings. The number of benzene rings is 1. The van der Waals surface area contributed by atoms with Crippen LogP contribution in [-0.4, -0.2) is 17.9 Å². The quantitative estimate of drug-likeness (QED) is 0.586. The first-order valence-electron chi connectivity index (χ1n) is 4.68. The Bertz CT molecular complexity index is 520. The lowest BCUT2D eigenvalue weighted by atomic mass is 10.1. The maximum atomic E-state index is 12.8. The number of alkyl halides is 5. The van der Waals surface area contributed by atoms with Gasteiger partial charge in [0.25, 0.3) is 0 Å². The summed E-state index contributed by atoms with van der Waals surface area (Å²) in [4.78, 5) is 10.8. The predicted octanol–water partition coefficient (Wildman–Crippen LogP) is 4.37. The maximum Gasteiger partial charge on any atom is 0.461 e. The normalized spacial score (nSPS) is 13.0. The highest BCUT2D eigenvalue weighted by Crippen LogP contribution is 2.36. The van der Waals surface area contributed by atoms with Crippen LogP contribution in [0.2, 0.25) is 0 Å². The van der Waals surface area contributed by atoms with Gasteiger partial charge in [0.15, 0.2) is 0 Å². The van der Waals surface area contributed by atoms with Crippen molar-refractivity contribution in [1.82, 2.24) is 0 Å². The second-order valence-corrected chi connectivity index (χ2v) is 4.30. The van der Waals surface area contributed by atoms with Crippen molar-refractivity contribution in [2.45, 2.75) is 12.1 Å². The summed E-state index contributed by atoms with van der Waals surface area (Å²) in [5.74, 6) is -8.47. The molecule has 0 amide bonds. The van der Waals surface area contributed by atoms with Crippen LogP contribution >= 0.6 is 15.9 Å². The zero-order valence-electron chi connectivity index (χ0n) is 8.94. The molecule has 104 valence electrons. The SMILES string of the molecule is O=C(/C=C/c1ccc(F)c(Br)c1)C(F)(F)C(F)(F)F. The van der Waals surface area contributed by atoms with E-state index in [0.717, 1.165) is 24.3 Å². The van der Waals surface area contributed by atoms with Gasteiger partial charge in [-0.1, -0.05) is 12.1 Å². The van der Waals surface area contributed by atoms with E-state index in [0.29, 0.717) is 0 Å². The fourth-order valence-electron chi connectivity index (χ4n) is 1.03. The molecule has 0 unspecified atom stereocenters. The summed E-state index contributed by atoms with van der Waals surface area (Å²) < 4.78 is 73.6. The van der Waals surface area contributed by atoms with Gasteiger partial charge in [0.2, 0.25) is 5.78 Å². The van der Waals surface area contributed by atoms with Crippen molar-refractivity contribution >= 4 is 27.8 Å². The van der Waals surface area contributed by atoms with Crippen LogP contribution < -0.4 is 0 Å². The van der Waals surface area contributed by atoms with E-state index < -0.39 is 23.7 Å². The average molecular weight is 347 g/mol.